The first-order valence-electron chi connectivity index (χ1n) is 6.58. The quantitative estimate of drug-likeness (QED) is 0.836. The summed E-state index contributed by atoms with van der Waals surface area (Å²) in [6.07, 6.45) is 1.55. The zero-order valence-electron chi connectivity index (χ0n) is 10.9. The molecule has 2 aliphatic rings. The van der Waals surface area contributed by atoms with E-state index in [1.54, 1.807) is 0 Å². The highest BCUT2D eigenvalue weighted by Crippen LogP contribution is 2.28. The van der Waals surface area contributed by atoms with Crippen molar-refractivity contribution in [1.82, 2.24) is 15.4 Å². The summed E-state index contributed by atoms with van der Waals surface area (Å²) < 4.78 is 5.11. The van der Waals surface area contributed by atoms with Gasteiger partial charge in [0, 0.05) is 31.2 Å². The molecule has 0 radical (unpaired) electrons. The molecule has 0 aromatic carbocycles. The van der Waals surface area contributed by atoms with E-state index < -0.39 is 0 Å². The Morgan fingerprint density at radius 1 is 1.50 bits per heavy atom. The Kier molecular flexibility index (Phi) is 2.86. The molecule has 2 saturated heterocycles. The number of hydrogen-bond donors (Lipinski definition) is 1. The van der Waals surface area contributed by atoms with Gasteiger partial charge in [0.1, 0.15) is 5.76 Å². The normalized spacial score (nSPS) is 26.7. The Labute approximate surface area is 107 Å². The van der Waals surface area contributed by atoms with E-state index in [0.717, 1.165) is 43.1 Å². The second-order valence-electron chi connectivity index (χ2n) is 5.34. The number of carbonyl (C=O) groups is 1. The molecule has 2 atom stereocenters. The van der Waals surface area contributed by atoms with Crippen LogP contribution in [0, 0.1) is 19.8 Å². The highest BCUT2D eigenvalue weighted by molar-refractivity contribution is 5.80. The summed E-state index contributed by atoms with van der Waals surface area (Å²) in [5.41, 5.74) is 1.79. The van der Waals surface area contributed by atoms with E-state index in [4.69, 9.17) is 4.52 Å². The fourth-order valence-corrected chi connectivity index (χ4v) is 3.17. The summed E-state index contributed by atoms with van der Waals surface area (Å²) in [5.74, 6) is 1.63. The number of rotatable bonds is 2. The van der Waals surface area contributed by atoms with Crippen LogP contribution in [0.5, 0.6) is 0 Å². The molecule has 5 nitrogen and oxygen atoms in total. The van der Waals surface area contributed by atoms with Crippen molar-refractivity contribution in [3.63, 3.8) is 0 Å². The third-order valence-electron chi connectivity index (χ3n) is 4.27. The molecule has 3 rings (SSSR count). The van der Waals surface area contributed by atoms with Gasteiger partial charge in [0.05, 0.1) is 12.1 Å². The summed E-state index contributed by atoms with van der Waals surface area (Å²) in [5, 5.41) is 7.27. The van der Waals surface area contributed by atoms with Crippen LogP contribution in [0.25, 0.3) is 0 Å². The minimum absolute atomic E-state index is 0.209. The largest absolute Gasteiger partial charge is 0.361 e. The SMILES string of the molecule is Cc1noc(C)c1CC(=O)N1CC[C@H]2CNC[C@H]21. The molecule has 98 valence electrons. The number of aryl methyl sites for hydroxylation is 2. The lowest BCUT2D eigenvalue weighted by molar-refractivity contribution is -0.131. The maximum Gasteiger partial charge on any atom is 0.227 e. The number of amides is 1. The van der Waals surface area contributed by atoms with Gasteiger partial charge in [-0.25, -0.2) is 0 Å². The van der Waals surface area contributed by atoms with Crippen LogP contribution in [-0.2, 0) is 11.2 Å². The highest BCUT2D eigenvalue weighted by atomic mass is 16.5. The van der Waals surface area contributed by atoms with Crippen LogP contribution in [0.3, 0.4) is 0 Å². The first-order chi connectivity index (χ1) is 8.66. The second-order valence-corrected chi connectivity index (χ2v) is 5.34. The predicted octanol–water partition coefficient (Wildman–Crippen LogP) is 0.654. The van der Waals surface area contributed by atoms with Crippen molar-refractivity contribution >= 4 is 5.91 Å². The van der Waals surface area contributed by atoms with Crippen molar-refractivity contribution in [1.29, 1.82) is 0 Å². The van der Waals surface area contributed by atoms with Gasteiger partial charge in [0.25, 0.3) is 0 Å². The predicted molar refractivity (Wildman–Crippen MR) is 66.2 cm³/mol. The lowest BCUT2D eigenvalue weighted by Gasteiger charge is -2.23. The summed E-state index contributed by atoms with van der Waals surface area (Å²) in [6, 6.07) is 0.401. The molecular weight excluding hydrogens is 230 g/mol. The summed E-state index contributed by atoms with van der Waals surface area (Å²) >= 11 is 0. The molecule has 0 saturated carbocycles. The van der Waals surface area contributed by atoms with E-state index in [1.165, 1.54) is 0 Å². The van der Waals surface area contributed by atoms with Gasteiger partial charge >= 0.3 is 0 Å². The van der Waals surface area contributed by atoms with E-state index in [-0.39, 0.29) is 5.91 Å². The Morgan fingerprint density at radius 3 is 3.06 bits per heavy atom. The summed E-state index contributed by atoms with van der Waals surface area (Å²) in [6.45, 7) is 6.66. The van der Waals surface area contributed by atoms with Gasteiger partial charge in [0.2, 0.25) is 5.91 Å². The monoisotopic (exact) mass is 249 g/mol. The van der Waals surface area contributed by atoms with Crippen LogP contribution < -0.4 is 5.32 Å². The van der Waals surface area contributed by atoms with Crippen LogP contribution in [0.4, 0.5) is 0 Å². The van der Waals surface area contributed by atoms with Gasteiger partial charge in [-0.2, -0.15) is 0 Å². The molecule has 1 aromatic heterocycles. The topological polar surface area (TPSA) is 58.4 Å². The van der Waals surface area contributed by atoms with Crippen molar-refractivity contribution in [2.24, 2.45) is 5.92 Å². The number of likely N-dealkylation sites (tertiary alicyclic amines) is 1. The molecule has 2 aliphatic heterocycles. The third-order valence-corrected chi connectivity index (χ3v) is 4.27. The van der Waals surface area contributed by atoms with Crippen molar-refractivity contribution in [2.45, 2.75) is 32.7 Å². The number of fused-ring (bicyclic) bond motifs is 1. The molecule has 2 fully saturated rings. The fraction of sp³-hybridized carbons (Fsp3) is 0.692. The number of aromatic nitrogens is 1. The zero-order chi connectivity index (χ0) is 12.7. The van der Waals surface area contributed by atoms with Gasteiger partial charge in [-0.05, 0) is 26.2 Å². The molecule has 0 aliphatic carbocycles. The first-order valence-corrected chi connectivity index (χ1v) is 6.58. The van der Waals surface area contributed by atoms with Gasteiger partial charge in [-0.15, -0.1) is 0 Å². The Hall–Kier alpha value is -1.36. The van der Waals surface area contributed by atoms with Gasteiger partial charge in [-0.1, -0.05) is 5.16 Å². The molecule has 0 bridgehead atoms. The second kappa shape index (κ2) is 4.39. The Balaban J connectivity index is 1.72. The maximum absolute atomic E-state index is 12.4. The van der Waals surface area contributed by atoms with Crippen molar-refractivity contribution in [3.8, 4) is 0 Å². The standard InChI is InChI=1S/C13H19N3O2/c1-8-11(9(2)18-15-8)5-13(17)16-4-3-10-6-14-7-12(10)16/h10,12,14H,3-7H2,1-2H3/t10-,12+/m0/s1. The Bertz CT molecular complexity index is 449. The average molecular weight is 249 g/mol. The van der Waals surface area contributed by atoms with Crippen LogP contribution in [0.2, 0.25) is 0 Å². The maximum atomic E-state index is 12.4. The van der Waals surface area contributed by atoms with E-state index in [0.29, 0.717) is 18.4 Å². The van der Waals surface area contributed by atoms with Gasteiger partial charge < -0.3 is 14.7 Å². The molecule has 1 N–H and O–H groups in total. The average Bonchev–Trinajstić information content (AvgIpc) is 2.99. The van der Waals surface area contributed by atoms with E-state index >= 15 is 0 Å². The lowest BCUT2D eigenvalue weighted by Crippen LogP contribution is -2.40. The van der Waals surface area contributed by atoms with Gasteiger partial charge in [-0.3, -0.25) is 4.79 Å². The van der Waals surface area contributed by atoms with Crippen LogP contribution in [-0.4, -0.2) is 41.6 Å². The van der Waals surface area contributed by atoms with E-state index in [9.17, 15) is 4.79 Å². The number of hydrogen-bond acceptors (Lipinski definition) is 4. The van der Waals surface area contributed by atoms with Gasteiger partial charge in [0.15, 0.2) is 0 Å². The third kappa shape index (κ3) is 1.82. The van der Waals surface area contributed by atoms with E-state index in [1.807, 2.05) is 18.7 Å². The minimum Gasteiger partial charge on any atom is -0.361 e. The molecule has 18 heavy (non-hydrogen) atoms. The first kappa shape index (κ1) is 11.7. The van der Waals surface area contributed by atoms with Crippen molar-refractivity contribution < 1.29 is 9.32 Å². The zero-order valence-corrected chi connectivity index (χ0v) is 10.9. The minimum atomic E-state index is 0.209. The summed E-state index contributed by atoms with van der Waals surface area (Å²) in [4.78, 5) is 14.4. The summed E-state index contributed by atoms with van der Waals surface area (Å²) in [7, 11) is 0. The highest BCUT2D eigenvalue weighted by Gasteiger charge is 2.39. The van der Waals surface area contributed by atoms with Crippen LogP contribution in [0.1, 0.15) is 23.4 Å². The molecule has 0 spiro atoms. The molecule has 1 aromatic rings. The van der Waals surface area contributed by atoms with Crippen LogP contribution in [0.15, 0.2) is 4.52 Å². The Morgan fingerprint density at radius 2 is 2.33 bits per heavy atom. The van der Waals surface area contributed by atoms with E-state index in [2.05, 4.69) is 10.5 Å². The molecular formula is C13H19N3O2. The molecule has 1 amide bonds. The van der Waals surface area contributed by atoms with Crippen molar-refractivity contribution in [3.05, 3.63) is 17.0 Å². The number of carbonyl (C=O) groups excluding carboxylic acids is 1. The molecule has 5 heteroatoms. The van der Waals surface area contributed by atoms with Crippen molar-refractivity contribution in [2.75, 3.05) is 19.6 Å². The number of nitrogens with one attached hydrogen (secondary N) is 1. The van der Waals surface area contributed by atoms with Crippen LogP contribution >= 0.6 is 0 Å². The fourth-order valence-electron chi connectivity index (χ4n) is 3.17. The lowest BCUT2D eigenvalue weighted by atomic mass is 10.0. The molecule has 0 unspecified atom stereocenters. The molecule has 3 heterocycles. The smallest absolute Gasteiger partial charge is 0.227 e. The number of nitrogens with zero attached hydrogens (tertiary/aromatic N) is 2.